The molecule has 0 aromatic heterocycles. The molecule has 0 heterocycles. The zero-order valence-corrected chi connectivity index (χ0v) is 10.6. The van der Waals surface area contributed by atoms with Gasteiger partial charge in [-0.1, -0.05) is 12.1 Å². The maximum Gasteiger partial charge on any atom is 0.273 e. The van der Waals surface area contributed by atoms with Crippen molar-refractivity contribution in [3.05, 3.63) is 64.0 Å². The molecule has 0 aliphatic carbocycles. The number of non-ortho nitro benzene ring substituents is 1. The molecule has 0 fully saturated rings. The Morgan fingerprint density at radius 1 is 1.30 bits per heavy atom. The van der Waals surface area contributed by atoms with Crippen LogP contribution in [-0.4, -0.2) is 10.0 Å². The van der Waals surface area contributed by atoms with Gasteiger partial charge in [-0.3, -0.25) is 10.1 Å². The van der Waals surface area contributed by atoms with Gasteiger partial charge in [0.2, 0.25) is 0 Å². The van der Waals surface area contributed by atoms with Gasteiger partial charge in [-0.25, -0.2) is 4.39 Å². The molecule has 2 rings (SSSR count). The Morgan fingerprint density at radius 2 is 2.00 bits per heavy atom. The van der Waals surface area contributed by atoms with Crippen LogP contribution in [0.2, 0.25) is 0 Å². The molecule has 104 valence electrons. The third kappa shape index (κ3) is 2.92. The summed E-state index contributed by atoms with van der Waals surface area (Å²) in [6, 6.07) is 9.68. The van der Waals surface area contributed by atoms with E-state index in [9.17, 15) is 19.6 Å². The minimum absolute atomic E-state index is 0.0130. The number of benzene rings is 2. The van der Waals surface area contributed by atoms with Gasteiger partial charge in [-0.2, -0.15) is 0 Å². The van der Waals surface area contributed by atoms with Crippen LogP contribution in [0.3, 0.4) is 0 Å². The molecule has 1 atom stereocenters. The summed E-state index contributed by atoms with van der Waals surface area (Å²) in [5, 5.41) is 20.3. The zero-order valence-electron chi connectivity index (χ0n) is 10.6. The van der Waals surface area contributed by atoms with Crippen LogP contribution in [0, 0.1) is 15.9 Å². The molecule has 0 amide bonds. The number of rotatable bonds is 4. The first-order valence-electron chi connectivity index (χ1n) is 5.88. The lowest BCUT2D eigenvalue weighted by Gasteiger charge is -2.13. The highest BCUT2D eigenvalue weighted by atomic mass is 19.1. The number of nitro benzene ring substituents is 1. The Hall–Kier alpha value is -2.47. The van der Waals surface area contributed by atoms with Crippen LogP contribution in [0.15, 0.2) is 42.5 Å². The average molecular weight is 277 g/mol. The highest BCUT2D eigenvalue weighted by molar-refractivity contribution is 5.43. The molecule has 0 aliphatic heterocycles. The van der Waals surface area contributed by atoms with Gasteiger partial charge in [0.1, 0.15) is 17.3 Å². The second-order valence-corrected chi connectivity index (χ2v) is 4.18. The van der Waals surface area contributed by atoms with Gasteiger partial charge in [-0.15, -0.1) is 0 Å². The molecule has 0 aliphatic rings. The van der Waals surface area contributed by atoms with Crippen LogP contribution in [0.4, 0.5) is 10.1 Å². The quantitative estimate of drug-likeness (QED) is 0.684. The molecule has 20 heavy (non-hydrogen) atoms. The first-order valence-corrected chi connectivity index (χ1v) is 5.88. The van der Waals surface area contributed by atoms with Crippen molar-refractivity contribution in [3.8, 4) is 11.5 Å². The Bertz CT molecular complexity index is 643. The molecule has 0 bridgehead atoms. The topological polar surface area (TPSA) is 72.6 Å². The van der Waals surface area contributed by atoms with Crippen molar-refractivity contribution in [1.82, 2.24) is 0 Å². The number of aliphatic hydroxyl groups is 1. The van der Waals surface area contributed by atoms with E-state index in [1.54, 1.807) is 0 Å². The number of nitro groups is 1. The van der Waals surface area contributed by atoms with E-state index in [4.69, 9.17) is 4.74 Å². The molecule has 0 saturated heterocycles. The number of halogens is 1. The maximum absolute atomic E-state index is 13.7. The van der Waals surface area contributed by atoms with E-state index in [2.05, 4.69) is 0 Å². The maximum atomic E-state index is 13.7. The number of ether oxygens (including phenoxy) is 1. The molecular formula is C14H12FNO4. The molecule has 0 spiro atoms. The Labute approximate surface area is 114 Å². The van der Waals surface area contributed by atoms with E-state index in [1.807, 2.05) is 0 Å². The fourth-order valence-corrected chi connectivity index (χ4v) is 1.80. The van der Waals surface area contributed by atoms with Crippen LogP contribution in [0.25, 0.3) is 0 Å². The second kappa shape index (κ2) is 5.66. The third-order valence-corrected chi connectivity index (χ3v) is 2.69. The lowest BCUT2D eigenvalue weighted by atomic mass is 10.1. The monoisotopic (exact) mass is 277 g/mol. The summed E-state index contributed by atoms with van der Waals surface area (Å²) < 4.78 is 19.1. The van der Waals surface area contributed by atoms with E-state index in [0.29, 0.717) is 0 Å². The smallest absolute Gasteiger partial charge is 0.273 e. The first kappa shape index (κ1) is 14.0. The summed E-state index contributed by atoms with van der Waals surface area (Å²) in [6.07, 6.45) is -1.05. The summed E-state index contributed by atoms with van der Waals surface area (Å²) in [6.45, 7) is 1.42. The van der Waals surface area contributed by atoms with Crippen LogP contribution < -0.4 is 4.74 Å². The van der Waals surface area contributed by atoms with Crippen LogP contribution in [0.5, 0.6) is 11.5 Å². The molecule has 0 unspecified atom stereocenters. The van der Waals surface area contributed by atoms with E-state index in [-0.39, 0.29) is 22.7 Å². The number of nitrogens with zero attached hydrogens (tertiary/aromatic N) is 1. The van der Waals surface area contributed by atoms with Gasteiger partial charge >= 0.3 is 0 Å². The molecular weight excluding hydrogens is 265 g/mol. The molecule has 5 nitrogen and oxygen atoms in total. The predicted octanol–water partition coefficient (Wildman–Crippen LogP) is 3.58. The SMILES string of the molecule is C[C@H](O)c1c(F)cccc1Oc1cccc([N+](=O)[O-])c1. The molecule has 0 radical (unpaired) electrons. The summed E-state index contributed by atoms with van der Waals surface area (Å²) in [7, 11) is 0. The normalized spacial score (nSPS) is 11.9. The summed E-state index contributed by atoms with van der Waals surface area (Å²) >= 11 is 0. The fourth-order valence-electron chi connectivity index (χ4n) is 1.80. The van der Waals surface area contributed by atoms with Crippen molar-refractivity contribution in [1.29, 1.82) is 0 Å². The zero-order chi connectivity index (χ0) is 14.7. The van der Waals surface area contributed by atoms with E-state index in [1.165, 1.54) is 49.4 Å². The van der Waals surface area contributed by atoms with Gasteiger partial charge in [0.25, 0.3) is 5.69 Å². The molecule has 0 saturated carbocycles. The van der Waals surface area contributed by atoms with Crippen molar-refractivity contribution >= 4 is 5.69 Å². The van der Waals surface area contributed by atoms with Crippen LogP contribution >= 0.6 is 0 Å². The highest BCUT2D eigenvalue weighted by Crippen LogP contribution is 2.32. The predicted molar refractivity (Wildman–Crippen MR) is 70.2 cm³/mol. The standard InChI is InChI=1S/C14H12FNO4/c1-9(17)14-12(15)6-3-7-13(14)20-11-5-2-4-10(8-11)16(18)19/h2-9,17H,1H3/t9-/m0/s1. The van der Waals surface area contributed by atoms with Gasteiger partial charge in [0.05, 0.1) is 22.7 Å². The van der Waals surface area contributed by atoms with E-state index >= 15 is 0 Å². The van der Waals surface area contributed by atoms with Gasteiger partial charge in [-0.05, 0) is 25.1 Å². The van der Waals surface area contributed by atoms with Crippen molar-refractivity contribution in [2.24, 2.45) is 0 Å². The van der Waals surface area contributed by atoms with Gasteiger partial charge in [0, 0.05) is 6.07 Å². The van der Waals surface area contributed by atoms with Crippen LogP contribution in [-0.2, 0) is 0 Å². The molecule has 2 aromatic rings. The second-order valence-electron chi connectivity index (χ2n) is 4.18. The van der Waals surface area contributed by atoms with Crippen molar-refractivity contribution < 1.29 is 19.2 Å². The van der Waals surface area contributed by atoms with E-state index < -0.39 is 16.8 Å². The van der Waals surface area contributed by atoms with Crippen molar-refractivity contribution in [3.63, 3.8) is 0 Å². The summed E-state index contributed by atoms with van der Waals surface area (Å²) in [5.41, 5.74) is -0.114. The molecule has 6 heteroatoms. The van der Waals surface area contributed by atoms with Crippen LogP contribution in [0.1, 0.15) is 18.6 Å². The molecule has 1 N–H and O–H groups in total. The van der Waals surface area contributed by atoms with Gasteiger partial charge in [0.15, 0.2) is 0 Å². The minimum Gasteiger partial charge on any atom is -0.457 e. The number of hydrogen-bond acceptors (Lipinski definition) is 4. The Kier molecular flexibility index (Phi) is 3.95. The van der Waals surface area contributed by atoms with E-state index in [0.717, 1.165) is 0 Å². The largest absolute Gasteiger partial charge is 0.457 e. The minimum atomic E-state index is -1.05. The summed E-state index contributed by atoms with van der Waals surface area (Å²) in [5.74, 6) is -0.268. The fraction of sp³-hybridized carbons (Fsp3) is 0.143. The number of aliphatic hydroxyl groups excluding tert-OH is 1. The van der Waals surface area contributed by atoms with Crippen molar-refractivity contribution in [2.75, 3.05) is 0 Å². The lowest BCUT2D eigenvalue weighted by molar-refractivity contribution is -0.384. The Morgan fingerprint density at radius 3 is 2.65 bits per heavy atom. The van der Waals surface area contributed by atoms with Crippen molar-refractivity contribution in [2.45, 2.75) is 13.0 Å². The summed E-state index contributed by atoms with van der Waals surface area (Å²) in [4.78, 5) is 10.1. The van der Waals surface area contributed by atoms with Gasteiger partial charge < -0.3 is 9.84 Å². The third-order valence-electron chi connectivity index (χ3n) is 2.69. The average Bonchev–Trinajstić information content (AvgIpc) is 2.38. The highest BCUT2D eigenvalue weighted by Gasteiger charge is 2.16. The molecule has 2 aromatic carbocycles. The Balaban J connectivity index is 2.37. The first-order chi connectivity index (χ1) is 9.49. The lowest BCUT2D eigenvalue weighted by Crippen LogP contribution is -2.00. The number of hydrogen-bond donors (Lipinski definition) is 1.